The minimum absolute atomic E-state index is 0.230. The Morgan fingerprint density at radius 1 is 1.33 bits per heavy atom. The number of halogens is 1. The molecule has 0 fully saturated rings. The van der Waals surface area contributed by atoms with Crippen LogP contribution in [0.1, 0.15) is 18.5 Å². The number of ether oxygens (including phenoxy) is 1. The normalized spacial score (nSPS) is 12.1. The quantitative estimate of drug-likeness (QED) is 0.775. The van der Waals surface area contributed by atoms with Gasteiger partial charge in [0, 0.05) is 18.0 Å². The number of aromatic nitrogens is 1. The minimum Gasteiger partial charge on any atom is -0.497 e. The average molecular weight is 323 g/mol. The molecule has 112 valence electrons. The molecule has 0 aliphatic heterocycles. The van der Waals surface area contributed by atoms with Crippen LogP contribution in [0.5, 0.6) is 5.75 Å². The lowest BCUT2D eigenvalue weighted by atomic mass is 10.1. The molecule has 1 N–H and O–H groups in total. The van der Waals surface area contributed by atoms with Crippen molar-refractivity contribution in [3.8, 4) is 5.75 Å². The molecule has 21 heavy (non-hydrogen) atoms. The lowest BCUT2D eigenvalue weighted by Gasteiger charge is -2.18. The SMILES string of the molecule is CCNC(CSc1ncccc1Cl)c1cccc(OC)c1. The van der Waals surface area contributed by atoms with E-state index in [4.69, 9.17) is 16.3 Å². The summed E-state index contributed by atoms with van der Waals surface area (Å²) in [5.74, 6) is 1.73. The van der Waals surface area contributed by atoms with E-state index in [-0.39, 0.29) is 6.04 Å². The molecule has 0 bridgehead atoms. The van der Waals surface area contributed by atoms with Gasteiger partial charge in [0.15, 0.2) is 0 Å². The predicted octanol–water partition coefficient (Wildman–Crippen LogP) is 4.19. The van der Waals surface area contributed by atoms with E-state index in [1.165, 1.54) is 5.56 Å². The van der Waals surface area contributed by atoms with Crippen molar-refractivity contribution in [1.82, 2.24) is 10.3 Å². The lowest BCUT2D eigenvalue weighted by Crippen LogP contribution is -2.23. The highest BCUT2D eigenvalue weighted by Crippen LogP contribution is 2.29. The second-order valence-electron chi connectivity index (χ2n) is 4.49. The Kier molecular flexibility index (Phi) is 6.36. The molecular weight excluding hydrogens is 304 g/mol. The fourth-order valence-corrected chi connectivity index (χ4v) is 3.28. The van der Waals surface area contributed by atoms with Gasteiger partial charge in [0.05, 0.1) is 12.1 Å². The first-order chi connectivity index (χ1) is 10.2. The first-order valence-electron chi connectivity index (χ1n) is 6.85. The van der Waals surface area contributed by atoms with Gasteiger partial charge in [0.1, 0.15) is 10.8 Å². The van der Waals surface area contributed by atoms with Crippen molar-refractivity contribution in [2.75, 3.05) is 19.4 Å². The summed E-state index contributed by atoms with van der Waals surface area (Å²) >= 11 is 7.81. The van der Waals surface area contributed by atoms with Crippen molar-refractivity contribution in [3.63, 3.8) is 0 Å². The third-order valence-corrected chi connectivity index (χ3v) is 4.57. The highest BCUT2D eigenvalue weighted by molar-refractivity contribution is 7.99. The first kappa shape index (κ1) is 16.1. The van der Waals surface area contributed by atoms with Gasteiger partial charge in [0.25, 0.3) is 0 Å². The number of rotatable bonds is 7. The van der Waals surface area contributed by atoms with Gasteiger partial charge in [-0.15, -0.1) is 11.8 Å². The molecule has 0 saturated heterocycles. The summed E-state index contributed by atoms with van der Waals surface area (Å²) in [4.78, 5) is 4.32. The molecule has 0 radical (unpaired) electrons. The zero-order valence-corrected chi connectivity index (χ0v) is 13.7. The third kappa shape index (κ3) is 4.63. The molecule has 1 aromatic carbocycles. The van der Waals surface area contributed by atoms with Crippen molar-refractivity contribution in [2.24, 2.45) is 0 Å². The summed E-state index contributed by atoms with van der Waals surface area (Å²) in [6.45, 7) is 3.00. The minimum atomic E-state index is 0.230. The summed E-state index contributed by atoms with van der Waals surface area (Å²) in [5.41, 5.74) is 1.20. The number of nitrogens with zero attached hydrogens (tertiary/aromatic N) is 1. The molecule has 5 heteroatoms. The van der Waals surface area contributed by atoms with Crippen LogP contribution in [0.2, 0.25) is 5.02 Å². The van der Waals surface area contributed by atoms with Crippen LogP contribution in [0.3, 0.4) is 0 Å². The Labute approximate surface area is 135 Å². The van der Waals surface area contributed by atoms with Crippen LogP contribution in [0, 0.1) is 0 Å². The van der Waals surface area contributed by atoms with Crippen LogP contribution in [0.15, 0.2) is 47.6 Å². The van der Waals surface area contributed by atoms with E-state index in [0.29, 0.717) is 5.02 Å². The summed E-state index contributed by atoms with van der Waals surface area (Å²) < 4.78 is 5.30. The van der Waals surface area contributed by atoms with E-state index in [0.717, 1.165) is 23.1 Å². The molecule has 0 aliphatic carbocycles. The van der Waals surface area contributed by atoms with E-state index < -0.39 is 0 Å². The largest absolute Gasteiger partial charge is 0.497 e. The fraction of sp³-hybridized carbons (Fsp3) is 0.312. The Morgan fingerprint density at radius 2 is 2.19 bits per heavy atom. The molecule has 0 spiro atoms. The highest BCUT2D eigenvalue weighted by atomic mass is 35.5. The Morgan fingerprint density at radius 3 is 2.90 bits per heavy atom. The molecule has 0 amide bonds. The van der Waals surface area contributed by atoms with E-state index in [9.17, 15) is 0 Å². The van der Waals surface area contributed by atoms with Gasteiger partial charge in [-0.1, -0.05) is 30.7 Å². The second kappa shape index (κ2) is 8.27. The van der Waals surface area contributed by atoms with Crippen LogP contribution < -0.4 is 10.1 Å². The van der Waals surface area contributed by atoms with Crippen LogP contribution in [-0.2, 0) is 0 Å². The maximum Gasteiger partial charge on any atom is 0.119 e. The Balaban J connectivity index is 2.10. The van der Waals surface area contributed by atoms with E-state index in [1.54, 1.807) is 25.1 Å². The van der Waals surface area contributed by atoms with Crippen LogP contribution in [0.4, 0.5) is 0 Å². The molecular formula is C16H19ClN2OS. The molecule has 0 saturated carbocycles. The van der Waals surface area contributed by atoms with Crippen molar-refractivity contribution >= 4 is 23.4 Å². The maximum atomic E-state index is 6.15. The number of thioether (sulfide) groups is 1. The van der Waals surface area contributed by atoms with Crippen LogP contribution >= 0.6 is 23.4 Å². The molecule has 1 heterocycles. The number of hydrogen-bond acceptors (Lipinski definition) is 4. The summed E-state index contributed by atoms with van der Waals surface area (Å²) in [5, 5.41) is 5.06. The molecule has 2 aromatic rings. The first-order valence-corrected chi connectivity index (χ1v) is 8.21. The Hall–Kier alpha value is -1.23. The maximum absolute atomic E-state index is 6.15. The summed E-state index contributed by atoms with van der Waals surface area (Å²) in [7, 11) is 1.68. The standard InChI is InChI=1S/C16H19ClN2OS/c1-3-18-15(12-6-4-7-13(10-12)20-2)11-21-16-14(17)8-5-9-19-16/h4-10,15,18H,3,11H2,1-2H3. The second-order valence-corrected chi connectivity index (χ2v) is 5.90. The highest BCUT2D eigenvalue weighted by Gasteiger charge is 2.13. The molecule has 0 aliphatic rings. The van der Waals surface area contributed by atoms with Gasteiger partial charge in [-0.25, -0.2) is 4.98 Å². The van der Waals surface area contributed by atoms with Gasteiger partial charge in [-0.2, -0.15) is 0 Å². The van der Waals surface area contributed by atoms with Crippen molar-refractivity contribution in [2.45, 2.75) is 18.0 Å². The number of hydrogen-bond donors (Lipinski definition) is 1. The molecule has 1 unspecified atom stereocenters. The molecule has 1 aromatic heterocycles. The van der Waals surface area contributed by atoms with Gasteiger partial charge < -0.3 is 10.1 Å². The molecule has 1 atom stereocenters. The number of pyridine rings is 1. The van der Waals surface area contributed by atoms with Crippen molar-refractivity contribution in [1.29, 1.82) is 0 Å². The molecule has 2 rings (SSSR count). The van der Waals surface area contributed by atoms with Gasteiger partial charge in [-0.05, 0) is 36.4 Å². The third-order valence-electron chi connectivity index (χ3n) is 3.06. The van der Waals surface area contributed by atoms with Crippen LogP contribution in [0.25, 0.3) is 0 Å². The predicted molar refractivity (Wildman–Crippen MR) is 89.4 cm³/mol. The topological polar surface area (TPSA) is 34.2 Å². The van der Waals surface area contributed by atoms with Gasteiger partial charge in [-0.3, -0.25) is 0 Å². The Bertz CT molecular complexity index is 580. The van der Waals surface area contributed by atoms with E-state index in [1.807, 2.05) is 24.3 Å². The molecule has 3 nitrogen and oxygen atoms in total. The zero-order valence-electron chi connectivity index (χ0n) is 12.2. The van der Waals surface area contributed by atoms with E-state index in [2.05, 4.69) is 29.4 Å². The van der Waals surface area contributed by atoms with Gasteiger partial charge in [0.2, 0.25) is 0 Å². The summed E-state index contributed by atoms with van der Waals surface area (Å²) in [6, 6.07) is 12.1. The lowest BCUT2D eigenvalue weighted by molar-refractivity contribution is 0.413. The monoisotopic (exact) mass is 322 g/mol. The van der Waals surface area contributed by atoms with E-state index >= 15 is 0 Å². The van der Waals surface area contributed by atoms with Gasteiger partial charge >= 0.3 is 0 Å². The van der Waals surface area contributed by atoms with Crippen molar-refractivity contribution in [3.05, 3.63) is 53.2 Å². The fourth-order valence-electron chi connectivity index (χ4n) is 2.02. The zero-order chi connectivity index (χ0) is 15.1. The number of methoxy groups -OCH3 is 1. The van der Waals surface area contributed by atoms with Crippen molar-refractivity contribution < 1.29 is 4.74 Å². The smallest absolute Gasteiger partial charge is 0.119 e. The van der Waals surface area contributed by atoms with Crippen LogP contribution in [-0.4, -0.2) is 24.4 Å². The number of benzene rings is 1. The average Bonchev–Trinajstić information content (AvgIpc) is 2.53. The number of nitrogens with one attached hydrogen (secondary N) is 1. The summed E-state index contributed by atoms with van der Waals surface area (Å²) in [6.07, 6.45) is 1.77.